The Morgan fingerprint density at radius 2 is 1.94 bits per heavy atom. The van der Waals surface area contributed by atoms with E-state index in [1.807, 2.05) is 44.2 Å². The SMILES string of the molecule is CC(C)NC(C)(Cc1ccccc1)C(=O)O. The highest BCUT2D eigenvalue weighted by Gasteiger charge is 2.33. The number of benzene rings is 1. The zero-order valence-electron chi connectivity index (χ0n) is 10.0. The molecule has 3 nitrogen and oxygen atoms in total. The average molecular weight is 221 g/mol. The van der Waals surface area contributed by atoms with Gasteiger partial charge in [-0.05, 0) is 26.3 Å². The fourth-order valence-electron chi connectivity index (χ4n) is 1.83. The van der Waals surface area contributed by atoms with Gasteiger partial charge in [-0.2, -0.15) is 0 Å². The van der Waals surface area contributed by atoms with Crippen molar-refractivity contribution in [3.8, 4) is 0 Å². The Morgan fingerprint density at radius 3 is 2.38 bits per heavy atom. The molecule has 0 saturated carbocycles. The molecule has 88 valence electrons. The Morgan fingerprint density at radius 1 is 1.38 bits per heavy atom. The summed E-state index contributed by atoms with van der Waals surface area (Å²) in [7, 11) is 0. The molecule has 3 heteroatoms. The molecule has 16 heavy (non-hydrogen) atoms. The molecule has 0 saturated heterocycles. The largest absolute Gasteiger partial charge is 0.480 e. The lowest BCUT2D eigenvalue weighted by Crippen LogP contribution is -2.53. The number of aliphatic carboxylic acids is 1. The average Bonchev–Trinajstić information content (AvgIpc) is 2.17. The van der Waals surface area contributed by atoms with Crippen molar-refractivity contribution in [2.75, 3.05) is 0 Å². The molecule has 0 aliphatic rings. The molecule has 0 fully saturated rings. The molecule has 0 aromatic heterocycles. The lowest BCUT2D eigenvalue weighted by atomic mass is 9.92. The Bertz CT molecular complexity index is 348. The third kappa shape index (κ3) is 3.35. The molecule has 1 atom stereocenters. The minimum absolute atomic E-state index is 0.143. The molecule has 1 aromatic rings. The van der Waals surface area contributed by atoms with Gasteiger partial charge in [0.25, 0.3) is 0 Å². The highest BCUT2D eigenvalue weighted by atomic mass is 16.4. The Labute approximate surface area is 96.5 Å². The zero-order valence-corrected chi connectivity index (χ0v) is 10.0. The Balaban J connectivity index is 2.83. The molecular weight excluding hydrogens is 202 g/mol. The summed E-state index contributed by atoms with van der Waals surface area (Å²) in [6, 6.07) is 9.81. The van der Waals surface area contributed by atoms with Crippen LogP contribution in [0.1, 0.15) is 26.3 Å². The van der Waals surface area contributed by atoms with Gasteiger partial charge in [0.05, 0.1) is 0 Å². The molecule has 0 aliphatic carbocycles. The van der Waals surface area contributed by atoms with Gasteiger partial charge in [0, 0.05) is 12.5 Å². The van der Waals surface area contributed by atoms with Gasteiger partial charge in [-0.15, -0.1) is 0 Å². The number of carboxylic acids is 1. The predicted molar refractivity (Wildman–Crippen MR) is 64.5 cm³/mol. The third-order valence-electron chi connectivity index (χ3n) is 2.48. The van der Waals surface area contributed by atoms with E-state index in [-0.39, 0.29) is 6.04 Å². The van der Waals surface area contributed by atoms with Crippen LogP contribution in [0.5, 0.6) is 0 Å². The van der Waals surface area contributed by atoms with E-state index < -0.39 is 11.5 Å². The second-order valence-electron chi connectivity index (χ2n) is 4.60. The number of nitrogens with one attached hydrogen (secondary N) is 1. The van der Waals surface area contributed by atoms with E-state index >= 15 is 0 Å². The van der Waals surface area contributed by atoms with Gasteiger partial charge in [-0.1, -0.05) is 30.3 Å². The van der Waals surface area contributed by atoms with E-state index in [1.54, 1.807) is 6.92 Å². The Kier molecular flexibility index (Phi) is 4.07. The highest BCUT2D eigenvalue weighted by Crippen LogP contribution is 2.14. The maximum Gasteiger partial charge on any atom is 0.323 e. The van der Waals surface area contributed by atoms with Crippen molar-refractivity contribution in [2.24, 2.45) is 0 Å². The molecule has 1 rings (SSSR count). The minimum atomic E-state index is -0.907. The van der Waals surface area contributed by atoms with Gasteiger partial charge >= 0.3 is 5.97 Å². The van der Waals surface area contributed by atoms with Crippen LogP contribution in [0.15, 0.2) is 30.3 Å². The van der Waals surface area contributed by atoms with E-state index in [0.717, 1.165) is 5.56 Å². The summed E-state index contributed by atoms with van der Waals surface area (Å²) in [5.41, 5.74) is 0.121. The number of carbonyl (C=O) groups is 1. The van der Waals surface area contributed by atoms with Gasteiger partial charge in [-0.25, -0.2) is 0 Å². The summed E-state index contributed by atoms with van der Waals surface area (Å²) in [5.74, 6) is -0.815. The van der Waals surface area contributed by atoms with Gasteiger partial charge in [0.15, 0.2) is 0 Å². The van der Waals surface area contributed by atoms with Crippen molar-refractivity contribution >= 4 is 5.97 Å². The van der Waals surface area contributed by atoms with Crippen LogP contribution >= 0.6 is 0 Å². The van der Waals surface area contributed by atoms with Gasteiger partial charge in [-0.3, -0.25) is 10.1 Å². The predicted octanol–water partition coefficient (Wildman–Crippen LogP) is 2.07. The first-order valence-corrected chi connectivity index (χ1v) is 5.49. The van der Waals surface area contributed by atoms with Crippen LogP contribution in [0, 0.1) is 0 Å². The van der Waals surface area contributed by atoms with Crippen LogP contribution in [0.25, 0.3) is 0 Å². The minimum Gasteiger partial charge on any atom is -0.480 e. The summed E-state index contributed by atoms with van der Waals surface area (Å²) in [5, 5.41) is 12.4. The lowest BCUT2D eigenvalue weighted by Gasteiger charge is -2.28. The lowest BCUT2D eigenvalue weighted by molar-refractivity contribution is -0.144. The summed E-state index contributed by atoms with van der Waals surface area (Å²) < 4.78 is 0. The molecule has 2 N–H and O–H groups in total. The van der Waals surface area contributed by atoms with E-state index in [2.05, 4.69) is 5.32 Å². The molecule has 0 radical (unpaired) electrons. The van der Waals surface area contributed by atoms with Gasteiger partial charge in [0.2, 0.25) is 0 Å². The Hall–Kier alpha value is -1.35. The first-order chi connectivity index (χ1) is 7.44. The fourth-order valence-corrected chi connectivity index (χ4v) is 1.83. The van der Waals surface area contributed by atoms with Crippen molar-refractivity contribution in [2.45, 2.75) is 38.8 Å². The van der Waals surface area contributed by atoms with E-state index in [1.165, 1.54) is 0 Å². The summed E-state index contributed by atoms with van der Waals surface area (Å²) in [4.78, 5) is 11.3. The zero-order chi connectivity index (χ0) is 12.2. The second-order valence-corrected chi connectivity index (χ2v) is 4.60. The quantitative estimate of drug-likeness (QED) is 0.800. The maximum absolute atomic E-state index is 11.3. The maximum atomic E-state index is 11.3. The molecule has 1 unspecified atom stereocenters. The topological polar surface area (TPSA) is 49.3 Å². The van der Waals surface area contributed by atoms with E-state index in [9.17, 15) is 9.90 Å². The fraction of sp³-hybridized carbons (Fsp3) is 0.462. The smallest absolute Gasteiger partial charge is 0.323 e. The molecule has 1 aromatic carbocycles. The van der Waals surface area contributed by atoms with Crippen molar-refractivity contribution < 1.29 is 9.90 Å². The molecule has 0 spiro atoms. The number of carboxylic acid groups (broad SMARTS) is 1. The van der Waals surface area contributed by atoms with Crippen LogP contribution < -0.4 is 5.32 Å². The number of hydrogen-bond donors (Lipinski definition) is 2. The summed E-state index contributed by atoms with van der Waals surface area (Å²) in [6.45, 7) is 5.63. The van der Waals surface area contributed by atoms with Crippen LogP contribution in [0.3, 0.4) is 0 Å². The van der Waals surface area contributed by atoms with E-state index in [4.69, 9.17) is 0 Å². The van der Waals surface area contributed by atoms with Crippen LogP contribution in [-0.2, 0) is 11.2 Å². The van der Waals surface area contributed by atoms with Crippen molar-refractivity contribution in [1.82, 2.24) is 5.32 Å². The molecule has 0 bridgehead atoms. The van der Waals surface area contributed by atoms with Crippen LogP contribution in [-0.4, -0.2) is 22.7 Å². The molecule has 0 heterocycles. The van der Waals surface area contributed by atoms with Crippen molar-refractivity contribution in [3.05, 3.63) is 35.9 Å². The standard InChI is InChI=1S/C13H19NO2/c1-10(2)14-13(3,12(15)16)9-11-7-5-4-6-8-11/h4-8,10,14H,9H2,1-3H3,(H,15,16). The van der Waals surface area contributed by atoms with Gasteiger partial charge < -0.3 is 5.11 Å². The van der Waals surface area contributed by atoms with Gasteiger partial charge in [0.1, 0.15) is 5.54 Å². The van der Waals surface area contributed by atoms with Crippen molar-refractivity contribution in [1.29, 1.82) is 0 Å². The van der Waals surface area contributed by atoms with E-state index in [0.29, 0.717) is 6.42 Å². The highest BCUT2D eigenvalue weighted by molar-refractivity contribution is 5.78. The van der Waals surface area contributed by atoms with Crippen LogP contribution in [0.2, 0.25) is 0 Å². The van der Waals surface area contributed by atoms with Crippen molar-refractivity contribution in [3.63, 3.8) is 0 Å². The van der Waals surface area contributed by atoms with Crippen LogP contribution in [0.4, 0.5) is 0 Å². The third-order valence-corrected chi connectivity index (χ3v) is 2.48. The summed E-state index contributed by atoms with van der Waals surface area (Å²) in [6.07, 6.45) is 0.487. The number of rotatable bonds is 5. The molecular formula is C13H19NO2. The first-order valence-electron chi connectivity index (χ1n) is 5.49. The molecule has 0 aliphatic heterocycles. The summed E-state index contributed by atoms with van der Waals surface area (Å²) >= 11 is 0. The monoisotopic (exact) mass is 221 g/mol. The second kappa shape index (κ2) is 5.12. The first kappa shape index (κ1) is 12.7. The molecule has 0 amide bonds. The normalized spacial score (nSPS) is 14.8. The number of hydrogen-bond acceptors (Lipinski definition) is 2.